The van der Waals surface area contributed by atoms with Gasteiger partial charge in [0.15, 0.2) is 11.5 Å². The van der Waals surface area contributed by atoms with Crippen molar-refractivity contribution in [3.63, 3.8) is 0 Å². The van der Waals surface area contributed by atoms with Crippen molar-refractivity contribution in [3.8, 4) is 23.8 Å². The quantitative estimate of drug-likeness (QED) is 0.436. The average Bonchev–Trinajstić information content (AvgIpc) is 3.71. The van der Waals surface area contributed by atoms with Gasteiger partial charge in [0.05, 0.1) is 16.7 Å². The van der Waals surface area contributed by atoms with Crippen LogP contribution in [0.3, 0.4) is 0 Å². The summed E-state index contributed by atoms with van der Waals surface area (Å²) in [5.41, 5.74) is 1.99. The fraction of sp³-hybridized carbons (Fsp3) is 0.559. The molecule has 3 fully saturated rings. The number of ether oxygens (including phenoxy) is 3. The molecule has 2 aliphatic heterocycles. The number of piperidine rings is 1. The van der Waals surface area contributed by atoms with Gasteiger partial charge in [0, 0.05) is 25.3 Å². The molecule has 0 unspecified atom stereocenters. The van der Waals surface area contributed by atoms with Crippen molar-refractivity contribution >= 4 is 5.78 Å². The monoisotopic (exact) mass is 525 g/mol. The molecule has 6 atom stereocenters. The number of rotatable bonds is 8. The third-order valence-corrected chi connectivity index (χ3v) is 11.0. The third kappa shape index (κ3) is 3.25. The van der Waals surface area contributed by atoms with Crippen LogP contribution in [-0.4, -0.2) is 48.6 Å². The number of hydrogen-bond donors (Lipinski definition) is 0. The van der Waals surface area contributed by atoms with Crippen LogP contribution >= 0.6 is 0 Å². The van der Waals surface area contributed by atoms with Crippen molar-refractivity contribution in [1.82, 2.24) is 4.90 Å². The van der Waals surface area contributed by atoms with Crippen LogP contribution in [0.25, 0.3) is 0 Å². The molecule has 0 amide bonds. The van der Waals surface area contributed by atoms with Crippen LogP contribution in [-0.2, 0) is 28.0 Å². The maximum absolute atomic E-state index is 13.4. The highest BCUT2D eigenvalue weighted by molar-refractivity contribution is 5.81. The number of ketones is 1. The van der Waals surface area contributed by atoms with Crippen LogP contribution in [0.1, 0.15) is 62.6 Å². The van der Waals surface area contributed by atoms with E-state index in [2.05, 4.69) is 42.0 Å². The Kier molecular flexibility index (Phi) is 5.71. The molecule has 5 nitrogen and oxygen atoms in total. The summed E-state index contributed by atoms with van der Waals surface area (Å²) in [5.74, 6) is 5.58. The molecule has 7 rings (SSSR count). The normalized spacial score (nSPS) is 36.0. The number of likely N-dealkylation sites (tertiary alicyclic amines) is 1. The summed E-state index contributed by atoms with van der Waals surface area (Å²) in [6, 6.07) is 14.7. The Balaban J connectivity index is 1.42. The van der Waals surface area contributed by atoms with Crippen molar-refractivity contribution in [2.45, 2.75) is 82.1 Å². The van der Waals surface area contributed by atoms with Crippen molar-refractivity contribution in [1.29, 1.82) is 0 Å². The van der Waals surface area contributed by atoms with Gasteiger partial charge in [-0.15, -0.1) is 6.42 Å². The molecule has 1 saturated heterocycles. The van der Waals surface area contributed by atoms with Gasteiger partial charge in [-0.05, 0) is 75.1 Å². The zero-order valence-corrected chi connectivity index (χ0v) is 23.4. The van der Waals surface area contributed by atoms with E-state index in [0.717, 1.165) is 48.9 Å². The Morgan fingerprint density at radius 1 is 1.21 bits per heavy atom. The molecule has 2 aromatic carbocycles. The van der Waals surface area contributed by atoms with Crippen molar-refractivity contribution in [2.24, 2.45) is 17.3 Å². The minimum atomic E-state index is -0.750. The number of terminal acetylenes is 1. The Hall–Kier alpha value is -2.81. The van der Waals surface area contributed by atoms with E-state index in [9.17, 15) is 4.79 Å². The van der Waals surface area contributed by atoms with E-state index >= 15 is 0 Å². The first-order chi connectivity index (χ1) is 18.9. The molecule has 5 heteroatoms. The van der Waals surface area contributed by atoms with E-state index in [1.807, 2.05) is 18.2 Å². The van der Waals surface area contributed by atoms with E-state index in [0.29, 0.717) is 19.4 Å². The maximum atomic E-state index is 13.4. The molecule has 2 saturated carbocycles. The first-order valence-corrected chi connectivity index (χ1v) is 14.7. The van der Waals surface area contributed by atoms with Gasteiger partial charge in [-0.3, -0.25) is 9.69 Å². The fourth-order valence-corrected chi connectivity index (χ4v) is 9.07. The number of Topliss-reactive ketones (excluding diaryl/α,β-unsaturated/α-hetero) is 1. The van der Waals surface area contributed by atoms with Crippen LogP contribution in [0.5, 0.6) is 11.5 Å². The van der Waals surface area contributed by atoms with Gasteiger partial charge in [-0.25, -0.2) is 0 Å². The second kappa shape index (κ2) is 8.85. The summed E-state index contributed by atoms with van der Waals surface area (Å²) in [7, 11) is 1.75. The SMILES string of the molecule is C#C[C@@]12C[C@@H](C(C)=O)[C@@](CC)(OC)[C@H]3Oc4c(OCc5ccccc5)ccc5c4[C@]31CCN(CC1CC1)[C@H]2C5. The standard InChI is InChI=1S/C34H39NO4/c1-5-32-19-26(22(3)36)34(6-2,37-4)31-33(32)16-17-35(20-23-12-13-23)28(32)18-25-14-15-27(30(39-31)29(25)33)38-21-24-10-8-7-9-11-24/h1,7-11,14-15,23,26,28,31H,6,12-13,16-21H2,2-4H3/t26-,28-,31-,32-,33+,34+/m0/s1. The molecule has 3 aliphatic carbocycles. The van der Waals surface area contributed by atoms with Crippen LogP contribution in [0.15, 0.2) is 42.5 Å². The highest BCUT2D eigenvalue weighted by Gasteiger charge is 2.78. The maximum Gasteiger partial charge on any atom is 0.166 e. The Morgan fingerprint density at radius 3 is 2.67 bits per heavy atom. The van der Waals surface area contributed by atoms with Crippen LogP contribution in [0.2, 0.25) is 0 Å². The Labute approximate surface area is 232 Å². The summed E-state index contributed by atoms with van der Waals surface area (Å²) in [4.78, 5) is 16.1. The highest BCUT2D eigenvalue weighted by atomic mass is 16.6. The highest BCUT2D eigenvalue weighted by Crippen LogP contribution is 2.72. The Bertz CT molecular complexity index is 1340. The second-order valence-electron chi connectivity index (χ2n) is 12.6. The molecule has 2 bridgehead atoms. The van der Waals surface area contributed by atoms with E-state index in [1.54, 1.807) is 14.0 Å². The number of nitrogens with zero attached hydrogens (tertiary/aromatic N) is 1. The van der Waals surface area contributed by atoms with Gasteiger partial charge in [-0.1, -0.05) is 49.2 Å². The number of carbonyl (C=O) groups excluding carboxylic acids is 1. The lowest BCUT2D eigenvalue weighted by molar-refractivity contribution is -0.220. The summed E-state index contributed by atoms with van der Waals surface area (Å²) in [5, 5.41) is 0. The predicted molar refractivity (Wildman–Crippen MR) is 150 cm³/mol. The van der Waals surface area contributed by atoms with Crippen LogP contribution in [0.4, 0.5) is 0 Å². The molecule has 5 aliphatic rings. The van der Waals surface area contributed by atoms with Crippen molar-refractivity contribution in [3.05, 3.63) is 59.2 Å². The first-order valence-electron chi connectivity index (χ1n) is 14.7. The Morgan fingerprint density at radius 2 is 2.00 bits per heavy atom. The van der Waals surface area contributed by atoms with E-state index in [4.69, 9.17) is 20.6 Å². The molecule has 0 aromatic heterocycles. The molecule has 0 radical (unpaired) electrons. The predicted octanol–water partition coefficient (Wildman–Crippen LogP) is 5.33. The van der Waals surface area contributed by atoms with Crippen molar-refractivity contribution in [2.75, 3.05) is 20.2 Å². The number of benzene rings is 2. The van der Waals surface area contributed by atoms with Gasteiger partial charge in [0.1, 0.15) is 24.1 Å². The fourth-order valence-electron chi connectivity index (χ4n) is 9.07. The van der Waals surface area contributed by atoms with E-state index in [-0.39, 0.29) is 23.8 Å². The molecular weight excluding hydrogens is 486 g/mol. The van der Waals surface area contributed by atoms with Crippen LogP contribution in [0, 0.1) is 29.6 Å². The second-order valence-corrected chi connectivity index (χ2v) is 12.6. The molecule has 1 spiro atoms. The first kappa shape index (κ1) is 25.2. The largest absolute Gasteiger partial charge is 0.485 e. The summed E-state index contributed by atoms with van der Waals surface area (Å²) >= 11 is 0. The topological polar surface area (TPSA) is 48.0 Å². The number of methoxy groups -OCH3 is 1. The zero-order valence-electron chi connectivity index (χ0n) is 23.4. The molecule has 39 heavy (non-hydrogen) atoms. The molecular formula is C34H39NO4. The van der Waals surface area contributed by atoms with Crippen molar-refractivity contribution < 1.29 is 19.0 Å². The lowest BCUT2D eigenvalue weighted by Crippen LogP contribution is -2.78. The lowest BCUT2D eigenvalue weighted by Gasteiger charge is -2.68. The summed E-state index contributed by atoms with van der Waals surface area (Å²) in [6.07, 6.45) is 12.1. The smallest absolute Gasteiger partial charge is 0.166 e. The van der Waals surface area contributed by atoms with Gasteiger partial charge < -0.3 is 14.2 Å². The average molecular weight is 526 g/mol. The molecule has 2 aromatic rings. The number of carbonyl (C=O) groups is 1. The third-order valence-electron chi connectivity index (χ3n) is 11.0. The minimum absolute atomic E-state index is 0.140. The molecule has 0 N–H and O–H groups in total. The van der Waals surface area contributed by atoms with Gasteiger partial charge >= 0.3 is 0 Å². The van der Waals surface area contributed by atoms with Gasteiger partial charge in [0.25, 0.3) is 0 Å². The zero-order chi connectivity index (χ0) is 27.0. The van der Waals surface area contributed by atoms with Gasteiger partial charge in [0.2, 0.25) is 0 Å². The summed E-state index contributed by atoms with van der Waals surface area (Å²) < 4.78 is 20.0. The molecule has 2 heterocycles. The summed E-state index contributed by atoms with van der Waals surface area (Å²) in [6.45, 7) is 6.39. The lowest BCUT2D eigenvalue weighted by atomic mass is 9.39. The number of hydrogen-bond acceptors (Lipinski definition) is 5. The van der Waals surface area contributed by atoms with E-state index < -0.39 is 16.4 Å². The van der Waals surface area contributed by atoms with Crippen LogP contribution < -0.4 is 9.47 Å². The minimum Gasteiger partial charge on any atom is -0.485 e. The van der Waals surface area contributed by atoms with Gasteiger partial charge in [-0.2, -0.15) is 0 Å². The molecule has 204 valence electrons. The van der Waals surface area contributed by atoms with E-state index in [1.165, 1.54) is 24.0 Å².